The predicted octanol–water partition coefficient (Wildman–Crippen LogP) is 1.39. The quantitative estimate of drug-likeness (QED) is 0.903. The van der Waals surface area contributed by atoms with E-state index in [1.165, 1.54) is 19.3 Å². The predicted molar refractivity (Wildman–Crippen MR) is 82.6 cm³/mol. The molecule has 0 unspecified atom stereocenters. The summed E-state index contributed by atoms with van der Waals surface area (Å²) in [6.45, 7) is 0.376. The Kier molecular flexibility index (Phi) is 4.04. The molecule has 0 aromatic carbocycles. The van der Waals surface area contributed by atoms with Gasteiger partial charge in [-0.05, 0) is 31.4 Å². The number of rotatable bonds is 5. The smallest absolute Gasteiger partial charge is 0.253 e. The molecule has 0 radical (unpaired) electrons. The molecule has 1 aliphatic carbocycles. The molecule has 7 nitrogen and oxygen atoms in total. The molecule has 1 amide bonds. The summed E-state index contributed by atoms with van der Waals surface area (Å²) in [5, 5.41) is 11.1. The molecule has 1 saturated carbocycles. The Morgan fingerprint density at radius 1 is 1.41 bits per heavy atom. The van der Waals surface area contributed by atoms with Crippen LogP contribution in [0.5, 0.6) is 0 Å². The van der Waals surface area contributed by atoms with Crippen LogP contribution in [0.3, 0.4) is 0 Å². The summed E-state index contributed by atoms with van der Waals surface area (Å²) >= 11 is 0. The van der Waals surface area contributed by atoms with Crippen molar-refractivity contribution in [2.24, 2.45) is 0 Å². The lowest BCUT2D eigenvalue weighted by Gasteiger charge is -2.24. The van der Waals surface area contributed by atoms with Gasteiger partial charge in [0.05, 0.1) is 24.3 Å². The van der Waals surface area contributed by atoms with Crippen LogP contribution in [0.4, 0.5) is 5.82 Å². The number of amides is 1. The molecule has 116 valence electrons. The first-order valence-electron chi connectivity index (χ1n) is 7.46. The Morgan fingerprint density at radius 2 is 2.23 bits per heavy atom. The van der Waals surface area contributed by atoms with Crippen LogP contribution >= 0.6 is 0 Å². The Hall–Kier alpha value is -2.44. The number of anilines is 1. The molecule has 3 rings (SSSR count). The van der Waals surface area contributed by atoms with E-state index in [-0.39, 0.29) is 5.91 Å². The molecule has 1 aliphatic rings. The molecule has 0 atom stereocenters. The second kappa shape index (κ2) is 6.13. The summed E-state index contributed by atoms with van der Waals surface area (Å²) in [4.78, 5) is 18.2. The van der Waals surface area contributed by atoms with Crippen molar-refractivity contribution in [1.29, 1.82) is 0 Å². The molecule has 2 aromatic heterocycles. The number of nitrogens with one attached hydrogen (secondary N) is 1. The second-order valence-corrected chi connectivity index (χ2v) is 5.76. The number of hydrogen-bond donors (Lipinski definition) is 1. The fourth-order valence-corrected chi connectivity index (χ4v) is 2.28. The van der Waals surface area contributed by atoms with E-state index in [0.717, 1.165) is 11.5 Å². The number of carbonyl (C=O) groups is 1. The molecule has 1 fully saturated rings. The van der Waals surface area contributed by atoms with Gasteiger partial charge in [0.15, 0.2) is 0 Å². The van der Waals surface area contributed by atoms with Gasteiger partial charge in [0.25, 0.3) is 5.91 Å². The first-order valence-corrected chi connectivity index (χ1v) is 7.46. The largest absolute Gasteiger partial charge is 0.363 e. The molecule has 0 bridgehead atoms. The highest BCUT2D eigenvalue weighted by atomic mass is 16.1. The van der Waals surface area contributed by atoms with E-state index in [0.29, 0.717) is 18.2 Å². The number of hydrogen-bond acceptors (Lipinski definition) is 5. The van der Waals surface area contributed by atoms with Gasteiger partial charge < -0.3 is 10.2 Å². The number of carbonyl (C=O) groups excluding carboxylic acids is 1. The fourth-order valence-electron chi connectivity index (χ4n) is 2.28. The van der Waals surface area contributed by atoms with E-state index in [4.69, 9.17) is 0 Å². The van der Waals surface area contributed by atoms with Crippen LogP contribution in [0.2, 0.25) is 0 Å². The first kappa shape index (κ1) is 14.5. The maximum atomic E-state index is 12.1. The minimum absolute atomic E-state index is 0.156. The second-order valence-electron chi connectivity index (χ2n) is 5.76. The van der Waals surface area contributed by atoms with Crippen LogP contribution in [-0.2, 0) is 6.54 Å². The first-order chi connectivity index (χ1) is 10.6. The lowest BCUT2D eigenvalue weighted by molar-refractivity contribution is 0.0950. The third kappa shape index (κ3) is 3.08. The average Bonchev–Trinajstić information content (AvgIpc) is 2.91. The highest BCUT2D eigenvalue weighted by Crippen LogP contribution is 2.30. The van der Waals surface area contributed by atoms with Crippen molar-refractivity contribution in [3.8, 4) is 0 Å². The molecule has 0 spiro atoms. The number of pyridine rings is 1. The lowest BCUT2D eigenvalue weighted by atomic mass is 9.93. The summed E-state index contributed by atoms with van der Waals surface area (Å²) in [7, 11) is 3.82. The third-order valence-electron chi connectivity index (χ3n) is 3.90. The van der Waals surface area contributed by atoms with Gasteiger partial charge in [-0.1, -0.05) is 5.21 Å². The zero-order chi connectivity index (χ0) is 15.5. The lowest BCUT2D eigenvalue weighted by Crippen LogP contribution is -2.23. The summed E-state index contributed by atoms with van der Waals surface area (Å²) in [5.41, 5.74) is 1.31. The van der Waals surface area contributed by atoms with Crippen molar-refractivity contribution in [2.45, 2.75) is 31.8 Å². The summed E-state index contributed by atoms with van der Waals surface area (Å²) in [6, 6.07) is 4.07. The maximum absolute atomic E-state index is 12.1. The molecule has 0 saturated heterocycles. The molecular weight excluding hydrogens is 280 g/mol. The minimum Gasteiger partial charge on any atom is -0.363 e. The average molecular weight is 300 g/mol. The Labute approximate surface area is 129 Å². The summed E-state index contributed by atoms with van der Waals surface area (Å²) in [6.07, 6.45) is 7.08. The van der Waals surface area contributed by atoms with Crippen molar-refractivity contribution in [3.05, 3.63) is 35.8 Å². The van der Waals surface area contributed by atoms with E-state index in [1.807, 2.05) is 35.9 Å². The fraction of sp³-hybridized carbons (Fsp3) is 0.467. The highest BCUT2D eigenvalue weighted by Gasteiger charge is 2.20. The van der Waals surface area contributed by atoms with Gasteiger partial charge in [-0.25, -0.2) is 9.67 Å². The van der Waals surface area contributed by atoms with Crippen LogP contribution < -0.4 is 10.2 Å². The van der Waals surface area contributed by atoms with Gasteiger partial charge in [-0.2, -0.15) is 0 Å². The Bertz CT molecular complexity index is 644. The van der Waals surface area contributed by atoms with Crippen molar-refractivity contribution in [2.75, 3.05) is 19.0 Å². The monoisotopic (exact) mass is 300 g/mol. The SMILES string of the molecule is CN(C)c1ccc(C(=O)NCc2cn(C3CCC3)nn2)cn1. The van der Waals surface area contributed by atoms with E-state index in [1.54, 1.807) is 12.3 Å². The van der Waals surface area contributed by atoms with E-state index in [9.17, 15) is 4.79 Å². The van der Waals surface area contributed by atoms with Gasteiger partial charge in [0, 0.05) is 20.3 Å². The van der Waals surface area contributed by atoms with Gasteiger partial charge in [-0.3, -0.25) is 4.79 Å². The summed E-state index contributed by atoms with van der Waals surface area (Å²) in [5.74, 6) is 0.663. The molecule has 1 N–H and O–H groups in total. The molecule has 7 heteroatoms. The minimum atomic E-state index is -0.156. The Balaban J connectivity index is 1.56. The van der Waals surface area contributed by atoms with Crippen LogP contribution in [0, 0.1) is 0 Å². The van der Waals surface area contributed by atoms with Gasteiger partial charge in [-0.15, -0.1) is 5.10 Å². The topological polar surface area (TPSA) is 75.9 Å². The third-order valence-corrected chi connectivity index (χ3v) is 3.90. The maximum Gasteiger partial charge on any atom is 0.253 e. The normalized spacial score (nSPS) is 14.5. The van der Waals surface area contributed by atoms with E-state index >= 15 is 0 Å². The van der Waals surface area contributed by atoms with Crippen molar-refractivity contribution >= 4 is 11.7 Å². The summed E-state index contributed by atoms with van der Waals surface area (Å²) < 4.78 is 1.90. The van der Waals surface area contributed by atoms with E-state index in [2.05, 4.69) is 20.6 Å². The zero-order valence-electron chi connectivity index (χ0n) is 12.9. The number of aromatic nitrogens is 4. The zero-order valence-corrected chi connectivity index (χ0v) is 12.9. The molecule has 2 heterocycles. The molecular formula is C15H20N6O. The van der Waals surface area contributed by atoms with Gasteiger partial charge in [0.2, 0.25) is 0 Å². The van der Waals surface area contributed by atoms with E-state index < -0.39 is 0 Å². The standard InChI is InChI=1S/C15H20N6O/c1-20(2)14-7-6-11(8-16-14)15(22)17-9-12-10-21(19-18-12)13-4-3-5-13/h6-8,10,13H,3-5,9H2,1-2H3,(H,17,22). The van der Waals surface area contributed by atoms with Crippen LogP contribution in [0.15, 0.2) is 24.5 Å². The van der Waals surface area contributed by atoms with Gasteiger partial charge in [0.1, 0.15) is 11.5 Å². The van der Waals surface area contributed by atoms with Crippen LogP contribution in [0.25, 0.3) is 0 Å². The molecule has 2 aromatic rings. The van der Waals surface area contributed by atoms with Crippen molar-refractivity contribution in [1.82, 2.24) is 25.3 Å². The molecule has 22 heavy (non-hydrogen) atoms. The number of nitrogens with zero attached hydrogens (tertiary/aromatic N) is 5. The Morgan fingerprint density at radius 3 is 2.82 bits per heavy atom. The van der Waals surface area contributed by atoms with Crippen molar-refractivity contribution < 1.29 is 4.79 Å². The van der Waals surface area contributed by atoms with Crippen LogP contribution in [-0.4, -0.2) is 40.0 Å². The van der Waals surface area contributed by atoms with Gasteiger partial charge >= 0.3 is 0 Å². The highest BCUT2D eigenvalue weighted by molar-refractivity contribution is 5.93. The molecule has 0 aliphatic heterocycles. The van der Waals surface area contributed by atoms with Crippen LogP contribution in [0.1, 0.15) is 41.4 Å². The van der Waals surface area contributed by atoms with Crippen molar-refractivity contribution in [3.63, 3.8) is 0 Å².